The van der Waals surface area contributed by atoms with Crippen LogP contribution in [0.3, 0.4) is 0 Å². The SMILES string of the molecule is COc1ccccc1-c1noc(Cc2csc(C)n2)n1. The fraction of sp³-hybridized carbons (Fsp3) is 0.214. The standard InChI is InChI=1S/C14H13N3O2S/c1-9-15-10(8-20-9)7-13-16-14(17-19-13)11-5-3-4-6-12(11)18-2/h3-6,8H,7H2,1-2H3. The van der Waals surface area contributed by atoms with Crippen LogP contribution in [0, 0.1) is 6.92 Å². The number of para-hydroxylation sites is 1. The Morgan fingerprint density at radius 2 is 2.10 bits per heavy atom. The molecular formula is C14H13N3O2S. The summed E-state index contributed by atoms with van der Waals surface area (Å²) in [6.07, 6.45) is 0.548. The lowest BCUT2D eigenvalue weighted by atomic mass is 10.2. The first-order valence-corrected chi connectivity index (χ1v) is 7.01. The lowest BCUT2D eigenvalue weighted by molar-refractivity contribution is 0.384. The maximum Gasteiger partial charge on any atom is 0.233 e. The molecule has 0 unspecified atom stereocenters. The molecule has 102 valence electrons. The third kappa shape index (κ3) is 2.55. The van der Waals surface area contributed by atoms with Gasteiger partial charge in [0.2, 0.25) is 11.7 Å². The Morgan fingerprint density at radius 3 is 2.85 bits per heavy atom. The van der Waals surface area contributed by atoms with E-state index in [1.54, 1.807) is 18.4 Å². The monoisotopic (exact) mass is 287 g/mol. The zero-order chi connectivity index (χ0) is 13.9. The minimum absolute atomic E-state index is 0.532. The van der Waals surface area contributed by atoms with Crippen molar-refractivity contribution >= 4 is 11.3 Å². The number of thiazole rings is 1. The van der Waals surface area contributed by atoms with Gasteiger partial charge in [-0.25, -0.2) is 4.98 Å². The summed E-state index contributed by atoms with van der Waals surface area (Å²) in [4.78, 5) is 8.79. The average molecular weight is 287 g/mol. The molecule has 0 bridgehead atoms. The first-order valence-electron chi connectivity index (χ1n) is 6.13. The van der Waals surface area contributed by atoms with Gasteiger partial charge in [0.15, 0.2) is 0 Å². The largest absolute Gasteiger partial charge is 0.496 e. The summed E-state index contributed by atoms with van der Waals surface area (Å²) >= 11 is 1.61. The molecule has 1 aromatic carbocycles. The van der Waals surface area contributed by atoms with Gasteiger partial charge in [-0.1, -0.05) is 17.3 Å². The molecule has 3 aromatic rings. The van der Waals surface area contributed by atoms with Gasteiger partial charge in [0, 0.05) is 5.38 Å². The molecule has 0 amide bonds. The van der Waals surface area contributed by atoms with Crippen LogP contribution in [-0.2, 0) is 6.42 Å². The zero-order valence-corrected chi connectivity index (χ0v) is 12.0. The van der Waals surface area contributed by atoms with Crippen molar-refractivity contribution in [1.82, 2.24) is 15.1 Å². The number of hydrogen-bond acceptors (Lipinski definition) is 6. The van der Waals surface area contributed by atoms with Crippen LogP contribution in [0.2, 0.25) is 0 Å². The summed E-state index contributed by atoms with van der Waals surface area (Å²) in [6.45, 7) is 1.97. The first kappa shape index (κ1) is 12.8. The van der Waals surface area contributed by atoms with Crippen molar-refractivity contribution in [3.05, 3.63) is 46.2 Å². The molecule has 20 heavy (non-hydrogen) atoms. The zero-order valence-electron chi connectivity index (χ0n) is 11.2. The van der Waals surface area contributed by atoms with Gasteiger partial charge in [-0.3, -0.25) is 0 Å². The smallest absolute Gasteiger partial charge is 0.233 e. The Labute approximate surface area is 120 Å². The van der Waals surface area contributed by atoms with Gasteiger partial charge < -0.3 is 9.26 Å². The second-order valence-electron chi connectivity index (χ2n) is 4.25. The van der Waals surface area contributed by atoms with Crippen molar-refractivity contribution in [3.63, 3.8) is 0 Å². The van der Waals surface area contributed by atoms with Crippen LogP contribution >= 0.6 is 11.3 Å². The van der Waals surface area contributed by atoms with Gasteiger partial charge in [-0.15, -0.1) is 11.3 Å². The average Bonchev–Trinajstić information content (AvgIpc) is 3.08. The van der Waals surface area contributed by atoms with Gasteiger partial charge in [0.05, 0.1) is 29.8 Å². The summed E-state index contributed by atoms with van der Waals surface area (Å²) in [5.74, 6) is 1.81. The minimum atomic E-state index is 0.532. The predicted molar refractivity (Wildman–Crippen MR) is 75.9 cm³/mol. The third-order valence-corrected chi connectivity index (χ3v) is 3.64. The topological polar surface area (TPSA) is 61.0 Å². The maximum absolute atomic E-state index is 5.30. The molecule has 2 heterocycles. The Morgan fingerprint density at radius 1 is 1.25 bits per heavy atom. The van der Waals surface area contributed by atoms with E-state index in [9.17, 15) is 0 Å². The molecule has 6 heteroatoms. The fourth-order valence-electron chi connectivity index (χ4n) is 1.91. The number of hydrogen-bond donors (Lipinski definition) is 0. The Kier molecular flexibility index (Phi) is 3.47. The van der Waals surface area contributed by atoms with E-state index < -0.39 is 0 Å². The number of methoxy groups -OCH3 is 1. The quantitative estimate of drug-likeness (QED) is 0.738. The molecule has 0 aliphatic heterocycles. The Hall–Kier alpha value is -2.21. The number of nitrogens with zero attached hydrogens (tertiary/aromatic N) is 3. The molecule has 0 saturated heterocycles. The Bertz CT molecular complexity index is 721. The molecule has 0 radical (unpaired) electrons. The van der Waals surface area contributed by atoms with E-state index in [4.69, 9.17) is 9.26 Å². The molecule has 0 saturated carbocycles. The normalized spacial score (nSPS) is 10.7. The third-order valence-electron chi connectivity index (χ3n) is 2.81. The molecule has 0 N–H and O–H groups in total. The summed E-state index contributed by atoms with van der Waals surface area (Å²) in [5.41, 5.74) is 1.77. The number of benzene rings is 1. The summed E-state index contributed by atoms with van der Waals surface area (Å²) in [5, 5.41) is 7.04. The van der Waals surface area contributed by atoms with E-state index in [1.165, 1.54) is 0 Å². The summed E-state index contributed by atoms with van der Waals surface area (Å²) < 4.78 is 10.6. The van der Waals surface area contributed by atoms with Crippen LogP contribution in [0.15, 0.2) is 34.2 Å². The first-order chi connectivity index (χ1) is 9.76. The van der Waals surface area contributed by atoms with Crippen LogP contribution < -0.4 is 4.74 Å². The van der Waals surface area contributed by atoms with Crippen molar-refractivity contribution < 1.29 is 9.26 Å². The second kappa shape index (κ2) is 5.42. The molecule has 0 aliphatic carbocycles. The molecule has 0 atom stereocenters. The van der Waals surface area contributed by atoms with Gasteiger partial charge in [-0.2, -0.15) is 4.98 Å². The summed E-state index contributed by atoms with van der Waals surface area (Å²) in [7, 11) is 1.62. The van der Waals surface area contributed by atoms with Crippen LogP contribution in [0.25, 0.3) is 11.4 Å². The Balaban J connectivity index is 1.86. The van der Waals surface area contributed by atoms with E-state index in [2.05, 4.69) is 15.1 Å². The highest BCUT2D eigenvalue weighted by Gasteiger charge is 2.13. The fourth-order valence-corrected chi connectivity index (χ4v) is 2.52. The van der Waals surface area contributed by atoms with Crippen LogP contribution in [-0.4, -0.2) is 22.2 Å². The molecule has 0 fully saturated rings. The molecule has 0 aliphatic rings. The molecular weight excluding hydrogens is 274 g/mol. The minimum Gasteiger partial charge on any atom is -0.496 e. The maximum atomic E-state index is 5.30. The van der Waals surface area contributed by atoms with Crippen LogP contribution in [0.4, 0.5) is 0 Å². The lowest BCUT2D eigenvalue weighted by Gasteiger charge is -2.02. The molecule has 5 nitrogen and oxygen atoms in total. The highest BCUT2D eigenvalue weighted by atomic mass is 32.1. The number of rotatable bonds is 4. The van der Waals surface area contributed by atoms with Gasteiger partial charge in [0.25, 0.3) is 0 Å². The number of ether oxygens (including phenoxy) is 1. The van der Waals surface area contributed by atoms with Crippen molar-refractivity contribution in [2.45, 2.75) is 13.3 Å². The van der Waals surface area contributed by atoms with Crippen LogP contribution in [0.5, 0.6) is 5.75 Å². The molecule has 0 spiro atoms. The van der Waals surface area contributed by atoms with E-state index in [0.717, 1.165) is 22.0 Å². The van der Waals surface area contributed by atoms with Crippen molar-refractivity contribution in [3.8, 4) is 17.1 Å². The number of aryl methyl sites for hydroxylation is 1. The van der Waals surface area contributed by atoms with Gasteiger partial charge in [-0.05, 0) is 19.1 Å². The summed E-state index contributed by atoms with van der Waals surface area (Å²) in [6, 6.07) is 7.59. The van der Waals surface area contributed by atoms with E-state index in [-0.39, 0.29) is 0 Å². The number of aromatic nitrogens is 3. The molecule has 2 aromatic heterocycles. The highest BCUT2D eigenvalue weighted by molar-refractivity contribution is 7.09. The van der Waals surface area contributed by atoms with Crippen molar-refractivity contribution in [2.24, 2.45) is 0 Å². The second-order valence-corrected chi connectivity index (χ2v) is 5.31. The molecule has 3 rings (SSSR count). The van der Waals surface area contributed by atoms with Gasteiger partial charge in [0.1, 0.15) is 5.75 Å². The van der Waals surface area contributed by atoms with E-state index in [0.29, 0.717) is 18.1 Å². The van der Waals surface area contributed by atoms with Crippen LogP contribution in [0.1, 0.15) is 16.6 Å². The lowest BCUT2D eigenvalue weighted by Crippen LogP contribution is -1.91. The van der Waals surface area contributed by atoms with Gasteiger partial charge >= 0.3 is 0 Å². The van der Waals surface area contributed by atoms with Crippen molar-refractivity contribution in [2.75, 3.05) is 7.11 Å². The van der Waals surface area contributed by atoms with E-state index >= 15 is 0 Å². The predicted octanol–water partition coefficient (Wildman–Crippen LogP) is 3.10. The van der Waals surface area contributed by atoms with Crippen molar-refractivity contribution in [1.29, 1.82) is 0 Å². The highest BCUT2D eigenvalue weighted by Crippen LogP contribution is 2.27. The van der Waals surface area contributed by atoms with E-state index in [1.807, 2.05) is 36.6 Å².